The molecule has 5 rings (SSSR count). The van der Waals surface area contributed by atoms with E-state index in [2.05, 4.69) is 22.8 Å². The molecule has 0 saturated carbocycles. The summed E-state index contributed by atoms with van der Waals surface area (Å²) in [7, 11) is 0. The van der Waals surface area contributed by atoms with E-state index in [0.717, 1.165) is 22.8 Å². The van der Waals surface area contributed by atoms with Crippen LogP contribution in [-0.2, 0) is 9.59 Å². The average molecular weight is 484 g/mol. The summed E-state index contributed by atoms with van der Waals surface area (Å²) in [5.41, 5.74) is 3.02. The summed E-state index contributed by atoms with van der Waals surface area (Å²) in [6.07, 6.45) is 3.11. The van der Waals surface area contributed by atoms with Gasteiger partial charge in [0.1, 0.15) is 11.9 Å². The van der Waals surface area contributed by atoms with Crippen molar-refractivity contribution in [3.05, 3.63) is 48.0 Å². The second-order valence-electron chi connectivity index (χ2n) is 8.60. The number of anilines is 1. The Balaban J connectivity index is 1.35. The number of thioether (sulfide) groups is 2. The highest BCUT2D eigenvalue weighted by molar-refractivity contribution is 7.99. The molecule has 3 aliphatic rings. The van der Waals surface area contributed by atoms with Crippen LogP contribution in [0.25, 0.3) is 11.1 Å². The van der Waals surface area contributed by atoms with Gasteiger partial charge in [-0.15, -0.1) is 11.8 Å². The van der Waals surface area contributed by atoms with Gasteiger partial charge in [0.2, 0.25) is 5.91 Å². The molecule has 3 heterocycles. The van der Waals surface area contributed by atoms with Gasteiger partial charge in [0.05, 0.1) is 17.0 Å². The molecule has 0 bridgehead atoms. The number of fused-ring (bicyclic) bond motifs is 2. The Morgan fingerprint density at radius 3 is 2.70 bits per heavy atom. The highest BCUT2D eigenvalue weighted by Crippen LogP contribution is 2.32. The van der Waals surface area contributed by atoms with Crippen LogP contribution < -0.4 is 16.0 Å². The fourth-order valence-corrected chi connectivity index (χ4v) is 6.14. The Morgan fingerprint density at radius 2 is 1.97 bits per heavy atom. The lowest BCUT2D eigenvalue weighted by Gasteiger charge is -2.37. The number of hydrogen-bond acceptors (Lipinski definition) is 5. The van der Waals surface area contributed by atoms with Gasteiger partial charge in [0.25, 0.3) is 11.8 Å². The first-order valence-corrected chi connectivity index (χ1v) is 13.5. The zero-order valence-electron chi connectivity index (χ0n) is 18.4. The van der Waals surface area contributed by atoms with Crippen molar-refractivity contribution in [1.29, 1.82) is 0 Å². The summed E-state index contributed by atoms with van der Waals surface area (Å²) in [6, 6.07) is 13.1. The first-order valence-electron chi connectivity index (χ1n) is 11.2. The van der Waals surface area contributed by atoms with Crippen molar-refractivity contribution in [3.63, 3.8) is 0 Å². The van der Waals surface area contributed by atoms with Gasteiger partial charge in [-0.3, -0.25) is 14.4 Å². The molecule has 2 aromatic carbocycles. The van der Waals surface area contributed by atoms with Crippen LogP contribution in [0, 0.1) is 0 Å². The van der Waals surface area contributed by atoms with E-state index in [0.29, 0.717) is 30.6 Å². The van der Waals surface area contributed by atoms with Crippen LogP contribution in [0.5, 0.6) is 0 Å². The van der Waals surface area contributed by atoms with E-state index < -0.39 is 6.04 Å². The van der Waals surface area contributed by atoms with Gasteiger partial charge in [-0.1, -0.05) is 30.0 Å². The number of nitrogens with zero attached hydrogens (tertiary/aromatic N) is 1. The lowest BCUT2D eigenvalue weighted by Crippen LogP contribution is -2.89. The van der Waals surface area contributed by atoms with Gasteiger partial charge in [0.15, 0.2) is 6.04 Å². The largest absolute Gasteiger partial charge is 0.348 e. The van der Waals surface area contributed by atoms with Crippen molar-refractivity contribution in [1.82, 2.24) is 10.2 Å². The molecule has 3 aliphatic heterocycles. The number of amides is 3. The number of piperidine rings is 1. The van der Waals surface area contributed by atoms with Gasteiger partial charge in [0, 0.05) is 17.5 Å². The molecule has 4 N–H and O–H groups in total. The summed E-state index contributed by atoms with van der Waals surface area (Å²) < 4.78 is 0. The Morgan fingerprint density at radius 1 is 1.18 bits per heavy atom. The van der Waals surface area contributed by atoms with Crippen molar-refractivity contribution < 1.29 is 19.7 Å². The summed E-state index contributed by atoms with van der Waals surface area (Å²) in [5, 5.41) is 8.10. The molecule has 2 aromatic rings. The standard InChI is InChI=1S/C24H26N4O3S2/c1-32-17-5-2-14(3-6-17)15-4-7-19-18(10-15)24(31)28-9-8-16(11-21(28)23(30)27-19)26-22(29)20-12-33-13-25-20/h2-7,10,16,20-21,25H,8-9,11-13H2,1H3,(H,26,29)(H,27,30)/p+1/t16-,20-,21-/m0/s1. The number of carbonyl (C=O) groups is 3. The maximum absolute atomic E-state index is 13.5. The van der Waals surface area contributed by atoms with Crippen molar-refractivity contribution >= 4 is 46.9 Å². The first-order chi connectivity index (χ1) is 16.0. The number of carbonyl (C=O) groups excluding carboxylic acids is 3. The Bertz CT molecular complexity index is 1090. The van der Waals surface area contributed by atoms with Crippen molar-refractivity contribution in [2.24, 2.45) is 0 Å². The average Bonchev–Trinajstić information content (AvgIpc) is 3.36. The minimum atomic E-state index is -0.588. The summed E-state index contributed by atoms with van der Waals surface area (Å²) in [4.78, 5) is 41.9. The zero-order valence-corrected chi connectivity index (χ0v) is 20.0. The molecule has 3 atom stereocenters. The molecule has 7 nitrogen and oxygen atoms in total. The summed E-state index contributed by atoms with van der Waals surface area (Å²) in [6.45, 7) is 0.442. The molecule has 3 amide bonds. The third-order valence-corrected chi connectivity index (χ3v) is 8.34. The number of quaternary nitrogens is 1. The zero-order chi connectivity index (χ0) is 22.9. The maximum atomic E-state index is 13.5. The van der Waals surface area contributed by atoms with E-state index in [1.165, 1.54) is 4.90 Å². The van der Waals surface area contributed by atoms with E-state index in [1.54, 1.807) is 28.4 Å². The van der Waals surface area contributed by atoms with E-state index in [9.17, 15) is 14.4 Å². The number of nitrogens with one attached hydrogen (secondary N) is 2. The predicted octanol–water partition coefficient (Wildman–Crippen LogP) is 1.75. The Kier molecular flexibility index (Phi) is 6.36. The lowest BCUT2D eigenvalue weighted by molar-refractivity contribution is -0.648. The monoisotopic (exact) mass is 483 g/mol. The Labute approximate surface area is 201 Å². The van der Waals surface area contributed by atoms with Gasteiger partial charge >= 0.3 is 0 Å². The van der Waals surface area contributed by atoms with Crippen molar-refractivity contribution in [2.75, 3.05) is 29.7 Å². The van der Waals surface area contributed by atoms with Crippen molar-refractivity contribution in [3.8, 4) is 11.1 Å². The molecule has 172 valence electrons. The second kappa shape index (κ2) is 9.40. The predicted molar refractivity (Wildman–Crippen MR) is 131 cm³/mol. The summed E-state index contributed by atoms with van der Waals surface area (Å²) in [5.74, 6) is 1.41. The highest BCUT2D eigenvalue weighted by atomic mass is 32.2. The highest BCUT2D eigenvalue weighted by Gasteiger charge is 2.41. The Hall–Kier alpha value is -2.49. The molecular formula is C24H27N4O3S2+. The fraction of sp³-hybridized carbons (Fsp3) is 0.375. The molecule has 0 unspecified atom stereocenters. The molecule has 0 aromatic heterocycles. The second-order valence-corrected chi connectivity index (χ2v) is 10.6. The first kappa shape index (κ1) is 22.3. The number of hydrogen-bond donors (Lipinski definition) is 3. The van der Waals surface area contributed by atoms with Gasteiger partial charge < -0.3 is 20.9 Å². The number of rotatable bonds is 4. The van der Waals surface area contributed by atoms with E-state index >= 15 is 0 Å². The van der Waals surface area contributed by atoms with E-state index in [1.807, 2.05) is 41.9 Å². The van der Waals surface area contributed by atoms with Gasteiger partial charge in [-0.2, -0.15) is 0 Å². The lowest BCUT2D eigenvalue weighted by atomic mass is 9.95. The molecule has 0 radical (unpaired) electrons. The quantitative estimate of drug-likeness (QED) is 0.576. The molecule has 2 fully saturated rings. The van der Waals surface area contributed by atoms with Crippen LogP contribution in [-0.4, -0.2) is 65.2 Å². The third kappa shape index (κ3) is 4.49. The SMILES string of the molecule is CSc1ccc(-c2ccc3c(c2)C(=O)N2CC[C@H](NC(=O)[C@@H]4CSC[NH2+]4)C[C@H]2C(=O)N3)cc1. The summed E-state index contributed by atoms with van der Waals surface area (Å²) >= 11 is 3.44. The maximum Gasteiger partial charge on any atom is 0.279 e. The fourth-order valence-electron chi connectivity index (χ4n) is 4.69. The van der Waals surface area contributed by atoms with Crippen LogP contribution >= 0.6 is 23.5 Å². The van der Waals surface area contributed by atoms with Crippen LogP contribution in [0.2, 0.25) is 0 Å². The minimum Gasteiger partial charge on any atom is -0.348 e. The third-order valence-electron chi connectivity index (χ3n) is 6.58. The topological polar surface area (TPSA) is 95.1 Å². The van der Waals surface area contributed by atoms with Crippen LogP contribution in [0.4, 0.5) is 5.69 Å². The van der Waals surface area contributed by atoms with Gasteiger partial charge in [-0.25, -0.2) is 0 Å². The van der Waals surface area contributed by atoms with Crippen LogP contribution in [0.3, 0.4) is 0 Å². The molecule has 0 aliphatic carbocycles. The minimum absolute atomic E-state index is 0.0271. The van der Waals surface area contributed by atoms with Crippen LogP contribution in [0.1, 0.15) is 23.2 Å². The number of benzene rings is 2. The van der Waals surface area contributed by atoms with E-state index in [4.69, 9.17) is 0 Å². The molecule has 9 heteroatoms. The van der Waals surface area contributed by atoms with E-state index in [-0.39, 0.29) is 29.8 Å². The normalized spacial score (nSPS) is 24.5. The molecular weight excluding hydrogens is 456 g/mol. The molecule has 33 heavy (non-hydrogen) atoms. The number of nitrogens with two attached hydrogens (primary N) is 1. The van der Waals surface area contributed by atoms with Gasteiger partial charge in [-0.05, 0) is 54.5 Å². The molecule has 0 spiro atoms. The molecule has 2 saturated heterocycles. The van der Waals surface area contributed by atoms with Crippen LogP contribution in [0.15, 0.2) is 47.4 Å². The smallest absolute Gasteiger partial charge is 0.279 e. The van der Waals surface area contributed by atoms with Crippen molar-refractivity contribution in [2.45, 2.75) is 35.9 Å².